The summed E-state index contributed by atoms with van der Waals surface area (Å²) in [6, 6.07) is 30.9. The predicted molar refractivity (Wildman–Crippen MR) is 101 cm³/mol. The van der Waals surface area contributed by atoms with Gasteiger partial charge in [-0.25, -0.2) is 0 Å². The van der Waals surface area contributed by atoms with Gasteiger partial charge in [0.25, 0.3) is 0 Å². The topological polar surface area (TPSA) is 12.5 Å². The predicted octanol–water partition coefficient (Wildman–Crippen LogP) is 5.19. The maximum absolute atomic E-state index is 5.84. The zero-order chi connectivity index (χ0) is 16.8. The normalized spacial score (nSPS) is 10.1. The molecule has 0 amide bonds. The molecule has 2 nitrogen and oxygen atoms in total. The van der Waals surface area contributed by atoms with Crippen LogP contribution in [0.4, 0.5) is 5.69 Å². The van der Waals surface area contributed by atoms with Crippen LogP contribution in [0.5, 0.6) is 0 Å². The molecule has 0 aliphatic rings. The lowest BCUT2D eigenvalue weighted by Crippen LogP contribution is -2.20. The van der Waals surface area contributed by atoms with E-state index in [1.807, 2.05) is 61.6 Å². The fourth-order valence-electron chi connectivity index (χ4n) is 2.80. The van der Waals surface area contributed by atoms with E-state index in [0.717, 1.165) is 28.3 Å². The van der Waals surface area contributed by atoms with Gasteiger partial charge in [-0.15, -0.1) is 0 Å². The van der Waals surface area contributed by atoms with Crippen molar-refractivity contribution in [1.82, 2.24) is 0 Å². The van der Waals surface area contributed by atoms with Crippen molar-refractivity contribution >= 4 is 11.3 Å². The first-order chi connectivity index (χ1) is 11.8. The smallest absolute Gasteiger partial charge is 0.202 e. The number of nitrogens with zero attached hydrogens (tertiary/aromatic N) is 1. The van der Waals surface area contributed by atoms with Gasteiger partial charge in [0.15, 0.2) is 0 Å². The highest BCUT2D eigenvalue weighted by molar-refractivity contribution is 5.83. The van der Waals surface area contributed by atoms with Crippen molar-refractivity contribution in [2.24, 2.45) is 0 Å². The van der Waals surface area contributed by atoms with E-state index in [1.54, 1.807) is 7.11 Å². The highest BCUT2D eigenvalue weighted by Crippen LogP contribution is 2.30. The lowest BCUT2D eigenvalue weighted by molar-refractivity contribution is 0.285. The number of hydrogen-bond donors (Lipinski definition) is 0. The standard InChI is InChI=1S/C22H21NO/c1-23(20-16-10-5-11-17-20)22(24-2)21(18-12-6-3-7-13-18)19-14-8-4-9-15-19/h3-17H,1-2H3. The Morgan fingerprint density at radius 3 is 1.50 bits per heavy atom. The van der Waals surface area contributed by atoms with E-state index in [0.29, 0.717) is 0 Å². The van der Waals surface area contributed by atoms with Crippen LogP contribution in [0.1, 0.15) is 11.1 Å². The molecule has 0 atom stereocenters. The zero-order valence-electron chi connectivity index (χ0n) is 14.0. The number of hydrogen-bond acceptors (Lipinski definition) is 2. The summed E-state index contributed by atoms with van der Waals surface area (Å²) in [5.74, 6) is 0.818. The molecule has 24 heavy (non-hydrogen) atoms. The number of benzene rings is 3. The van der Waals surface area contributed by atoms with Gasteiger partial charge in [0.2, 0.25) is 5.88 Å². The third-order valence-corrected chi connectivity index (χ3v) is 3.98. The van der Waals surface area contributed by atoms with Crippen LogP contribution in [0, 0.1) is 0 Å². The number of rotatable bonds is 5. The second-order valence-electron chi connectivity index (χ2n) is 5.51. The van der Waals surface area contributed by atoms with Crippen molar-refractivity contribution in [2.75, 3.05) is 19.1 Å². The maximum atomic E-state index is 5.84. The van der Waals surface area contributed by atoms with Crippen molar-refractivity contribution < 1.29 is 4.74 Å². The summed E-state index contributed by atoms with van der Waals surface area (Å²) >= 11 is 0. The fourth-order valence-corrected chi connectivity index (χ4v) is 2.80. The first kappa shape index (κ1) is 15.9. The maximum Gasteiger partial charge on any atom is 0.202 e. The first-order valence-corrected chi connectivity index (χ1v) is 7.99. The molecule has 0 fully saturated rings. The molecular formula is C22H21NO. The summed E-state index contributed by atoms with van der Waals surface area (Å²) in [4.78, 5) is 2.08. The molecule has 0 saturated carbocycles. The Labute approximate surface area is 143 Å². The monoisotopic (exact) mass is 315 g/mol. The van der Waals surface area contributed by atoms with Crippen molar-refractivity contribution in [3.05, 3.63) is 108 Å². The molecule has 0 aliphatic heterocycles. The van der Waals surface area contributed by atoms with Crippen molar-refractivity contribution in [3.63, 3.8) is 0 Å². The quantitative estimate of drug-likeness (QED) is 0.601. The van der Waals surface area contributed by atoms with Crippen molar-refractivity contribution in [2.45, 2.75) is 0 Å². The van der Waals surface area contributed by atoms with E-state index >= 15 is 0 Å². The van der Waals surface area contributed by atoms with Gasteiger partial charge >= 0.3 is 0 Å². The Kier molecular flexibility index (Phi) is 4.97. The molecule has 2 heteroatoms. The first-order valence-electron chi connectivity index (χ1n) is 7.99. The van der Waals surface area contributed by atoms with Gasteiger partial charge in [-0.05, 0) is 23.3 Å². The third-order valence-electron chi connectivity index (χ3n) is 3.98. The van der Waals surface area contributed by atoms with Crippen molar-refractivity contribution in [1.29, 1.82) is 0 Å². The molecule has 3 aromatic carbocycles. The van der Waals surface area contributed by atoms with Crippen LogP contribution < -0.4 is 4.90 Å². The van der Waals surface area contributed by atoms with Gasteiger partial charge in [0.05, 0.1) is 7.11 Å². The molecule has 0 bridgehead atoms. The van der Waals surface area contributed by atoms with Gasteiger partial charge in [-0.2, -0.15) is 0 Å². The molecule has 0 saturated heterocycles. The summed E-state index contributed by atoms with van der Waals surface area (Å²) in [6.45, 7) is 0. The molecule has 120 valence electrons. The van der Waals surface area contributed by atoms with Crippen LogP contribution in [0.3, 0.4) is 0 Å². The van der Waals surface area contributed by atoms with E-state index in [9.17, 15) is 0 Å². The minimum absolute atomic E-state index is 0.818. The number of methoxy groups -OCH3 is 1. The Morgan fingerprint density at radius 1 is 0.667 bits per heavy atom. The zero-order valence-corrected chi connectivity index (χ0v) is 14.0. The molecular weight excluding hydrogens is 294 g/mol. The van der Waals surface area contributed by atoms with E-state index in [-0.39, 0.29) is 0 Å². The third kappa shape index (κ3) is 3.33. The van der Waals surface area contributed by atoms with Gasteiger partial charge < -0.3 is 9.64 Å². The van der Waals surface area contributed by atoms with Gasteiger partial charge in [-0.1, -0.05) is 78.9 Å². The Morgan fingerprint density at radius 2 is 1.08 bits per heavy atom. The average molecular weight is 315 g/mol. The summed E-state index contributed by atoms with van der Waals surface area (Å²) < 4.78 is 5.84. The van der Waals surface area contributed by atoms with E-state index in [2.05, 4.69) is 41.3 Å². The van der Waals surface area contributed by atoms with Crippen LogP contribution in [0.2, 0.25) is 0 Å². The fraction of sp³-hybridized carbons (Fsp3) is 0.0909. The molecule has 0 heterocycles. The van der Waals surface area contributed by atoms with Gasteiger partial charge in [0.1, 0.15) is 0 Å². The molecule has 0 spiro atoms. The minimum Gasteiger partial charge on any atom is -0.482 e. The molecule has 3 rings (SSSR count). The molecule has 0 N–H and O–H groups in total. The lowest BCUT2D eigenvalue weighted by atomic mass is 9.98. The molecule has 0 aliphatic carbocycles. The molecule has 0 radical (unpaired) electrons. The highest BCUT2D eigenvalue weighted by Gasteiger charge is 2.17. The molecule has 0 aromatic heterocycles. The van der Waals surface area contributed by atoms with Crippen LogP contribution in [0.25, 0.3) is 5.57 Å². The van der Waals surface area contributed by atoms with Crippen LogP contribution in [-0.4, -0.2) is 14.2 Å². The highest BCUT2D eigenvalue weighted by atomic mass is 16.5. The van der Waals surface area contributed by atoms with Gasteiger partial charge in [0, 0.05) is 18.3 Å². The van der Waals surface area contributed by atoms with Crippen LogP contribution in [-0.2, 0) is 4.74 Å². The van der Waals surface area contributed by atoms with E-state index in [1.165, 1.54) is 0 Å². The number of anilines is 1. The summed E-state index contributed by atoms with van der Waals surface area (Å²) in [5, 5.41) is 0. The van der Waals surface area contributed by atoms with E-state index < -0.39 is 0 Å². The number of ether oxygens (including phenoxy) is 1. The largest absolute Gasteiger partial charge is 0.482 e. The van der Waals surface area contributed by atoms with E-state index in [4.69, 9.17) is 4.74 Å². The average Bonchev–Trinajstić information content (AvgIpc) is 2.67. The van der Waals surface area contributed by atoms with Crippen molar-refractivity contribution in [3.8, 4) is 0 Å². The Hall–Kier alpha value is -3.00. The minimum atomic E-state index is 0.818. The summed E-state index contributed by atoms with van der Waals surface area (Å²) in [6.07, 6.45) is 0. The Bertz CT molecular complexity index is 754. The SMILES string of the molecule is COC(=C(c1ccccc1)c1ccccc1)N(C)c1ccccc1. The molecule has 3 aromatic rings. The second kappa shape index (κ2) is 7.51. The summed E-state index contributed by atoms with van der Waals surface area (Å²) in [5.41, 5.74) is 4.41. The summed E-state index contributed by atoms with van der Waals surface area (Å²) in [7, 11) is 3.75. The Balaban J connectivity index is 2.19. The second-order valence-corrected chi connectivity index (χ2v) is 5.51. The van der Waals surface area contributed by atoms with Crippen LogP contribution in [0.15, 0.2) is 96.9 Å². The molecule has 0 unspecified atom stereocenters. The van der Waals surface area contributed by atoms with Crippen LogP contribution >= 0.6 is 0 Å². The number of para-hydroxylation sites is 1. The lowest BCUT2D eigenvalue weighted by Gasteiger charge is -2.25. The van der Waals surface area contributed by atoms with Gasteiger partial charge in [-0.3, -0.25) is 0 Å².